The topological polar surface area (TPSA) is 87.9 Å². The van der Waals surface area contributed by atoms with Crippen molar-refractivity contribution in [2.75, 3.05) is 0 Å². The van der Waals surface area contributed by atoms with Crippen LogP contribution in [0.1, 0.15) is 35.9 Å². The molecule has 3 rings (SSSR count). The van der Waals surface area contributed by atoms with Gasteiger partial charge in [-0.2, -0.15) is 5.26 Å². The summed E-state index contributed by atoms with van der Waals surface area (Å²) in [5.74, 6) is 2.69. The summed E-state index contributed by atoms with van der Waals surface area (Å²) in [5.41, 5.74) is 1.38. The monoisotopic (exact) mass is 308 g/mol. The first-order valence-corrected chi connectivity index (χ1v) is 7.28. The summed E-state index contributed by atoms with van der Waals surface area (Å²) in [6.45, 7) is 4.37. The summed E-state index contributed by atoms with van der Waals surface area (Å²) in [5, 5.41) is 20.1. The molecular formula is C17H16N4O2. The van der Waals surface area contributed by atoms with Gasteiger partial charge in [0.15, 0.2) is 0 Å². The summed E-state index contributed by atoms with van der Waals surface area (Å²) in [6, 6.07) is 13.0. The maximum absolute atomic E-state index is 8.80. The third kappa shape index (κ3) is 3.47. The van der Waals surface area contributed by atoms with Crippen molar-refractivity contribution in [3.8, 4) is 17.5 Å². The van der Waals surface area contributed by atoms with Gasteiger partial charge in [0.05, 0.1) is 24.2 Å². The molecule has 116 valence electrons. The fraction of sp³-hybridized carbons (Fsp3) is 0.235. The Balaban J connectivity index is 1.64. The lowest BCUT2D eigenvalue weighted by Gasteiger charge is -2.08. The maximum atomic E-state index is 8.80. The zero-order chi connectivity index (χ0) is 16.2. The van der Waals surface area contributed by atoms with E-state index in [-0.39, 0.29) is 6.04 Å². The number of aryl methyl sites for hydroxylation is 1. The highest BCUT2D eigenvalue weighted by atomic mass is 16.4. The highest BCUT2D eigenvalue weighted by molar-refractivity contribution is 5.54. The lowest BCUT2D eigenvalue weighted by Crippen LogP contribution is -2.17. The van der Waals surface area contributed by atoms with Gasteiger partial charge >= 0.3 is 0 Å². The highest BCUT2D eigenvalue weighted by Crippen LogP contribution is 2.19. The van der Waals surface area contributed by atoms with Crippen LogP contribution >= 0.6 is 0 Å². The van der Waals surface area contributed by atoms with Gasteiger partial charge in [0.1, 0.15) is 11.5 Å². The lowest BCUT2D eigenvalue weighted by molar-refractivity contribution is 0.394. The third-order valence-electron chi connectivity index (χ3n) is 3.48. The molecule has 6 heteroatoms. The molecule has 1 N–H and O–H groups in total. The number of benzene rings is 1. The van der Waals surface area contributed by atoms with E-state index >= 15 is 0 Å². The van der Waals surface area contributed by atoms with E-state index in [4.69, 9.17) is 14.1 Å². The molecule has 0 radical (unpaired) electrons. The zero-order valence-electron chi connectivity index (χ0n) is 12.9. The van der Waals surface area contributed by atoms with Gasteiger partial charge in [-0.05, 0) is 50.2 Å². The normalized spacial score (nSPS) is 12.0. The van der Waals surface area contributed by atoms with Crippen molar-refractivity contribution in [1.29, 1.82) is 5.26 Å². The van der Waals surface area contributed by atoms with Crippen LogP contribution in [0.3, 0.4) is 0 Å². The van der Waals surface area contributed by atoms with Crippen LogP contribution in [-0.2, 0) is 6.54 Å². The molecule has 0 aliphatic rings. The molecule has 1 aromatic carbocycles. The van der Waals surface area contributed by atoms with Gasteiger partial charge in [-0.1, -0.05) is 0 Å². The molecule has 0 amide bonds. The Hall–Kier alpha value is -2.91. The number of nitriles is 1. The summed E-state index contributed by atoms with van der Waals surface area (Å²) in [6.07, 6.45) is 0. The molecule has 23 heavy (non-hydrogen) atoms. The zero-order valence-corrected chi connectivity index (χ0v) is 12.9. The van der Waals surface area contributed by atoms with Crippen LogP contribution in [0.4, 0.5) is 0 Å². The largest absolute Gasteiger partial charge is 0.465 e. The molecule has 2 heterocycles. The fourth-order valence-electron chi connectivity index (χ4n) is 2.16. The lowest BCUT2D eigenvalue weighted by atomic mass is 10.1. The van der Waals surface area contributed by atoms with E-state index < -0.39 is 0 Å². The second-order valence-corrected chi connectivity index (χ2v) is 5.24. The Morgan fingerprint density at radius 1 is 1.13 bits per heavy atom. The summed E-state index contributed by atoms with van der Waals surface area (Å²) < 4.78 is 11.2. The second kappa shape index (κ2) is 6.46. The Kier molecular flexibility index (Phi) is 4.22. The van der Waals surface area contributed by atoms with Crippen molar-refractivity contribution in [2.24, 2.45) is 0 Å². The van der Waals surface area contributed by atoms with Gasteiger partial charge in [-0.3, -0.25) is 5.32 Å². The van der Waals surface area contributed by atoms with E-state index in [0.29, 0.717) is 23.9 Å². The van der Waals surface area contributed by atoms with Crippen molar-refractivity contribution in [3.05, 3.63) is 59.4 Å². The summed E-state index contributed by atoms with van der Waals surface area (Å²) >= 11 is 0. The standard InChI is InChI=1S/C17H16N4O2/c1-11-3-8-15(22-11)12(2)19-10-16-20-21-17(23-16)14-6-4-13(9-18)5-7-14/h3-8,12,19H,10H2,1-2H3/t12-/m1/s1. The molecule has 0 saturated heterocycles. The van der Waals surface area contributed by atoms with Crippen LogP contribution in [0, 0.1) is 18.3 Å². The fourth-order valence-corrected chi connectivity index (χ4v) is 2.16. The number of hydrogen-bond acceptors (Lipinski definition) is 6. The van der Waals surface area contributed by atoms with E-state index in [9.17, 15) is 0 Å². The quantitative estimate of drug-likeness (QED) is 0.777. The molecule has 1 atom stereocenters. The van der Waals surface area contributed by atoms with Gasteiger partial charge in [0.25, 0.3) is 0 Å². The van der Waals surface area contributed by atoms with Crippen LogP contribution in [-0.4, -0.2) is 10.2 Å². The first-order valence-electron chi connectivity index (χ1n) is 7.28. The molecule has 0 spiro atoms. The van der Waals surface area contributed by atoms with E-state index in [1.165, 1.54) is 0 Å². The van der Waals surface area contributed by atoms with Crippen LogP contribution in [0.5, 0.6) is 0 Å². The minimum atomic E-state index is 0.0500. The van der Waals surface area contributed by atoms with Gasteiger partial charge < -0.3 is 8.83 Å². The van der Waals surface area contributed by atoms with Crippen molar-refractivity contribution in [1.82, 2.24) is 15.5 Å². The van der Waals surface area contributed by atoms with Crippen molar-refractivity contribution in [3.63, 3.8) is 0 Å². The molecule has 0 fully saturated rings. The molecule has 3 aromatic rings. The summed E-state index contributed by atoms with van der Waals surface area (Å²) in [7, 11) is 0. The first-order chi connectivity index (χ1) is 11.2. The van der Waals surface area contributed by atoms with E-state index in [1.54, 1.807) is 24.3 Å². The Morgan fingerprint density at radius 3 is 2.57 bits per heavy atom. The van der Waals surface area contributed by atoms with Crippen LogP contribution < -0.4 is 5.32 Å². The molecule has 0 saturated carbocycles. The molecule has 0 bridgehead atoms. The number of furan rings is 1. The Bertz CT molecular complexity index is 827. The highest BCUT2D eigenvalue weighted by Gasteiger charge is 2.12. The maximum Gasteiger partial charge on any atom is 0.247 e. The minimum absolute atomic E-state index is 0.0500. The summed E-state index contributed by atoms with van der Waals surface area (Å²) in [4.78, 5) is 0. The van der Waals surface area contributed by atoms with Gasteiger partial charge in [-0.15, -0.1) is 10.2 Å². The van der Waals surface area contributed by atoms with Crippen molar-refractivity contribution >= 4 is 0 Å². The average Bonchev–Trinajstić information content (AvgIpc) is 3.22. The predicted molar refractivity (Wildman–Crippen MR) is 83.1 cm³/mol. The second-order valence-electron chi connectivity index (χ2n) is 5.24. The van der Waals surface area contributed by atoms with Crippen LogP contribution in [0.15, 0.2) is 45.2 Å². The molecule has 6 nitrogen and oxygen atoms in total. The smallest absolute Gasteiger partial charge is 0.247 e. The number of aromatic nitrogens is 2. The Morgan fingerprint density at radius 2 is 1.91 bits per heavy atom. The predicted octanol–water partition coefficient (Wildman–Crippen LogP) is 3.36. The van der Waals surface area contributed by atoms with Crippen LogP contribution in [0.25, 0.3) is 11.5 Å². The van der Waals surface area contributed by atoms with E-state index in [0.717, 1.165) is 17.1 Å². The van der Waals surface area contributed by atoms with E-state index in [2.05, 4.69) is 21.6 Å². The van der Waals surface area contributed by atoms with Crippen molar-refractivity contribution in [2.45, 2.75) is 26.4 Å². The van der Waals surface area contributed by atoms with Gasteiger partial charge in [0.2, 0.25) is 11.8 Å². The number of hydrogen-bond donors (Lipinski definition) is 1. The molecule has 0 aliphatic carbocycles. The first kappa shape index (κ1) is 15.0. The number of nitrogens with zero attached hydrogens (tertiary/aromatic N) is 3. The minimum Gasteiger partial charge on any atom is -0.465 e. The van der Waals surface area contributed by atoms with E-state index in [1.807, 2.05) is 26.0 Å². The van der Waals surface area contributed by atoms with Crippen LogP contribution in [0.2, 0.25) is 0 Å². The SMILES string of the molecule is Cc1ccc([C@@H](C)NCc2nnc(-c3ccc(C#N)cc3)o2)o1. The Labute approximate surface area is 133 Å². The third-order valence-corrected chi connectivity index (χ3v) is 3.48. The molecule has 0 unspecified atom stereocenters. The van der Waals surface area contributed by atoms with Crippen molar-refractivity contribution < 1.29 is 8.83 Å². The molecular weight excluding hydrogens is 292 g/mol. The average molecular weight is 308 g/mol. The molecule has 2 aromatic heterocycles. The number of nitrogens with one attached hydrogen (secondary N) is 1. The number of rotatable bonds is 5. The van der Waals surface area contributed by atoms with Gasteiger partial charge in [0, 0.05) is 5.56 Å². The molecule has 0 aliphatic heterocycles. The van der Waals surface area contributed by atoms with Gasteiger partial charge in [-0.25, -0.2) is 0 Å².